The Morgan fingerprint density at radius 2 is 1.44 bits per heavy atom. The zero-order valence-electron chi connectivity index (χ0n) is 13.4. The van der Waals surface area contributed by atoms with Gasteiger partial charge in [0, 0.05) is 53.8 Å². The van der Waals surface area contributed by atoms with Gasteiger partial charge in [-0.05, 0) is 5.75 Å². The van der Waals surface area contributed by atoms with E-state index in [0.717, 1.165) is 5.75 Å². The molecule has 157 valence electrons. The Labute approximate surface area is 207 Å². The Hall–Kier alpha value is 1.43. The van der Waals surface area contributed by atoms with Crippen LogP contribution < -0.4 is 0 Å². The molecule has 4 nitrogen and oxygen atoms in total. The summed E-state index contributed by atoms with van der Waals surface area (Å²) in [5, 5.41) is -0.498. The number of hydrogen-bond donors (Lipinski definition) is 0. The number of methoxy groups -OCH3 is 2. The number of hydrogen-bond acceptors (Lipinski definition) is 6. The Morgan fingerprint density at radius 3 is 1.64 bits per heavy atom. The molecule has 0 aliphatic heterocycles. The topological polar surface area (TPSA) is 52.6 Å². The number of rotatable bonds is 6. The first-order valence-electron chi connectivity index (χ1n) is 5.72. The van der Waals surface area contributed by atoms with Gasteiger partial charge in [-0.1, -0.05) is 36.6 Å². The molecule has 1 radical (unpaired) electrons. The van der Waals surface area contributed by atoms with Crippen molar-refractivity contribution < 1.29 is 72.8 Å². The van der Waals surface area contributed by atoms with Crippen LogP contribution in [0.15, 0.2) is 0 Å². The van der Waals surface area contributed by atoms with Gasteiger partial charge in [0.25, 0.3) is 0 Å². The second kappa shape index (κ2) is 50.0. The van der Waals surface area contributed by atoms with Gasteiger partial charge in [0.1, 0.15) is 0 Å². The first-order valence-corrected chi connectivity index (χ1v) is 7.82. The van der Waals surface area contributed by atoms with E-state index in [4.69, 9.17) is 0 Å². The second-order valence-corrected chi connectivity index (χ2v) is 4.95. The van der Waals surface area contributed by atoms with Crippen molar-refractivity contribution in [3.8, 4) is 0 Å². The Kier molecular flexibility index (Phi) is 112. The molecule has 1 unspecified atom stereocenters. The minimum atomic E-state index is -0.498. The van der Waals surface area contributed by atoms with E-state index < -0.39 is 17.2 Å². The Balaban J connectivity index is -0.0000000271. The standard InChI is InChI=1S/C8H13O4S.C3H7S.C2H5.4CH4.W.Y/c1-4-13-6(8(10)12-3)5-7(9)11-2;1-3-4-2;1-2;;;;;;/h4,6H,5H2,1-3H3;2-3H2,1H3;1H2,2H3;4*1H4;;/q3*-1;;;;;;. The predicted octanol–water partition coefficient (Wildman–Crippen LogP) is 5.92. The summed E-state index contributed by atoms with van der Waals surface area (Å²) in [7, 11) is 2.58. The molecule has 0 aliphatic carbocycles. The SMILES string of the molecule is C.C.C.C.C[CH-]SC(CC(=O)OC)C(=O)OC.[CH2-]C.[CH2-]SCC.[W].[Y]. The van der Waals surface area contributed by atoms with Gasteiger partial charge >= 0.3 is 11.9 Å². The van der Waals surface area contributed by atoms with Crippen LogP contribution in [0.2, 0.25) is 0 Å². The van der Waals surface area contributed by atoms with Crippen molar-refractivity contribution in [3.05, 3.63) is 18.9 Å². The van der Waals surface area contributed by atoms with E-state index in [1.807, 2.05) is 0 Å². The maximum atomic E-state index is 11.1. The second-order valence-electron chi connectivity index (χ2n) is 2.66. The van der Waals surface area contributed by atoms with E-state index >= 15 is 0 Å². The fourth-order valence-corrected chi connectivity index (χ4v) is 1.49. The molecule has 8 heteroatoms. The minimum absolute atomic E-state index is 0. The smallest absolute Gasteiger partial charge is 0.316 e. The monoisotopic (exact) mass is 646 g/mol. The van der Waals surface area contributed by atoms with E-state index in [1.54, 1.807) is 31.4 Å². The molecule has 0 fully saturated rings. The van der Waals surface area contributed by atoms with Crippen LogP contribution >= 0.6 is 23.5 Å². The average molecular weight is 646 g/mol. The molecule has 1 atom stereocenters. The molecule has 0 spiro atoms. The third-order valence-corrected chi connectivity index (χ3v) is 2.92. The molecule has 0 saturated heterocycles. The molecule has 0 heterocycles. The van der Waals surface area contributed by atoms with Crippen molar-refractivity contribution in [2.75, 3.05) is 20.0 Å². The maximum absolute atomic E-state index is 11.1. The van der Waals surface area contributed by atoms with Crippen molar-refractivity contribution >= 4 is 35.5 Å². The molecule has 0 N–H and O–H groups in total. The van der Waals surface area contributed by atoms with Crippen molar-refractivity contribution in [2.45, 2.75) is 62.1 Å². The summed E-state index contributed by atoms with van der Waals surface area (Å²) in [6, 6.07) is 0. The Bertz CT molecular complexity index is 223. The molecule has 0 aliphatic rings. The van der Waals surface area contributed by atoms with E-state index in [-0.39, 0.29) is 89.9 Å². The summed E-state index contributed by atoms with van der Waals surface area (Å²) in [6.45, 7) is 8.87. The molecule has 0 amide bonds. The first kappa shape index (κ1) is 56.3. The summed E-state index contributed by atoms with van der Waals surface area (Å²) < 4.78 is 8.97. The maximum Gasteiger partial charge on any atom is 0.316 e. The minimum Gasteiger partial charge on any atom is -0.469 e. The molecule has 0 rings (SSSR count). The van der Waals surface area contributed by atoms with Crippen LogP contribution in [0, 0.1) is 18.9 Å². The van der Waals surface area contributed by atoms with Crippen LogP contribution in [-0.4, -0.2) is 37.2 Å². The first-order chi connectivity index (χ1) is 9.06. The largest absolute Gasteiger partial charge is 0.469 e. The van der Waals surface area contributed by atoms with E-state index in [1.165, 1.54) is 26.0 Å². The molecular weight excluding hydrogens is 605 g/mol. The van der Waals surface area contributed by atoms with Gasteiger partial charge in [-0.3, -0.25) is 21.6 Å². The van der Waals surface area contributed by atoms with Crippen molar-refractivity contribution in [3.63, 3.8) is 0 Å². The molecular formula is C17H41O4S2WY-3. The van der Waals surface area contributed by atoms with Gasteiger partial charge in [0.05, 0.1) is 25.9 Å². The summed E-state index contributed by atoms with van der Waals surface area (Å²) in [6.07, 6.45) is 3.56. The van der Waals surface area contributed by atoms with E-state index in [2.05, 4.69) is 29.6 Å². The van der Waals surface area contributed by atoms with Gasteiger partial charge in [-0.25, -0.2) is 0 Å². The van der Waals surface area contributed by atoms with Crippen molar-refractivity contribution in [1.82, 2.24) is 0 Å². The van der Waals surface area contributed by atoms with Crippen LogP contribution in [0.5, 0.6) is 0 Å². The van der Waals surface area contributed by atoms with Crippen LogP contribution in [0.4, 0.5) is 0 Å². The molecule has 0 bridgehead atoms. The van der Waals surface area contributed by atoms with Crippen LogP contribution in [0.1, 0.15) is 56.9 Å². The third-order valence-electron chi connectivity index (χ3n) is 1.55. The predicted molar refractivity (Wildman–Crippen MR) is 111 cm³/mol. The van der Waals surface area contributed by atoms with Crippen LogP contribution in [-0.2, 0) is 72.8 Å². The fraction of sp³-hybridized carbons (Fsp3) is 0.706. The number of carbonyl (C=O) groups is 2. The average Bonchev–Trinajstić information content (AvgIpc) is 2.48. The van der Waals surface area contributed by atoms with Crippen molar-refractivity contribution in [2.24, 2.45) is 0 Å². The summed E-state index contributed by atoms with van der Waals surface area (Å²) in [4.78, 5) is 21.9. The van der Waals surface area contributed by atoms with Gasteiger partial charge < -0.3 is 39.9 Å². The summed E-state index contributed by atoms with van der Waals surface area (Å²) >= 11 is 2.86. The Morgan fingerprint density at radius 1 is 1.08 bits per heavy atom. The quantitative estimate of drug-likeness (QED) is 0.264. The molecule has 0 saturated carbocycles. The van der Waals surface area contributed by atoms with E-state index in [0.29, 0.717) is 0 Å². The van der Waals surface area contributed by atoms with Gasteiger partial charge in [-0.2, -0.15) is 13.8 Å². The fourth-order valence-electron chi connectivity index (χ4n) is 0.717. The molecule has 0 aromatic heterocycles. The molecule has 0 aromatic rings. The van der Waals surface area contributed by atoms with Gasteiger partial charge in [-0.15, -0.1) is 0 Å². The zero-order chi connectivity index (χ0) is 15.7. The summed E-state index contributed by atoms with van der Waals surface area (Å²) in [5.41, 5.74) is 0. The van der Waals surface area contributed by atoms with Crippen molar-refractivity contribution in [1.29, 1.82) is 0 Å². The van der Waals surface area contributed by atoms with Gasteiger partial charge in [0.15, 0.2) is 0 Å². The normalized spacial score (nSPS) is 7.64. The molecule has 25 heavy (non-hydrogen) atoms. The summed E-state index contributed by atoms with van der Waals surface area (Å²) in [5.74, 6) is 2.04. The number of carbonyl (C=O) groups excluding carboxylic acids is 2. The number of thioether (sulfide) groups is 2. The molecule has 0 aromatic carbocycles. The number of esters is 2. The van der Waals surface area contributed by atoms with E-state index in [9.17, 15) is 9.59 Å². The van der Waals surface area contributed by atoms with Gasteiger partial charge in [0.2, 0.25) is 0 Å². The van der Waals surface area contributed by atoms with Crippen LogP contribution in [0.25, 0.3) is 0 Å². The zero-order valence-corrected chi connectivity index (χ0v) is 20.8. The number of ether oxygens (including phenoxy) is 2. The third kappa shape index (κ3) is 46.0. The van der Waals surface area contributed by atoms with Crippen LogP contribution in [0.3, 0.4) is 0 Å².